The third-order valence-corrected chi connectivity index (χ3v) is 3.09. The van der Waals surface area contributed by atoms with Gasteiger partial charge in [0.1, 0.15) is 0 Å². The van der Waals surface area contributed by atoms with E-state index in [-0.39, 0.29) is 26.2 Å². The molecule has 0 aromatic carbocycles. The molecule has 0 spiro atoms. The monoisotopic (exact) mass is 280 g/mol. The molecule has 0 saturated carbocycles. The lowest BCUT2D eigenvalue weighted by atomic mass is 9.83. The Balaban J connectivity index is 4.76. The molecule has 10 N–H and O–H groups in total. The molecule has 0 fully saturated rings. The van der Waals surface area contributed by atoms with Gasteiger partial charge in [-0.2, -0.15) is 0 Å². The zero-order valence-electron chi connectivity index (χ0n) is 11.3. The molecule has 116 valence electrons. The van der Waals surface area contributed by atoms with E-state index in [0.717, 1.165) is 0 Å². The molecular formula is C11H28N4O4. The van der Waals surface area contributed by atoms with Crippen molar-refractivity contribution in [3.63, 3.8) is 0 Å². The summed E-state index contributed by atoms with van der Waals surface area (Å²) in [5.74, 6) is 0. The lowest BCUT2D eigenvalue weighted by Crippen LogP contribution is -2.69. The molecule has 0 aliphatic carbocycles. The van der Waals surface area contributed by atoms with Crippen LogP contribution in [0.25, 0.3) is 0 Å². The van der Waals surface area contributed by atoms with Crippen molar-refractivity contribution in [2.24, 2.45) is 17.2 Å². The fourth-order valence-corrected chi connectivity index (χ4v) is 1.90. The second-order valence-electron chi connectivity index (χ2n) is 4.41. The molecule has 0 radical (unpaired) electrons. The lowest BCUT2D eigenvalue weighted by molar-refractivity contribution is -0.0493. The molecule has 3 atom stereocenters. The highest BCUT2D eigenvalue weighted by Gasteiger charge is 2.42. The zero-order chi connectivity index (χ0) is 14.7. The Bertz CT molecular complexity index is 223. The fraction of sp³-hybridized carbons (Fsp3) is 1.00. The first kappa shape index (κ1) is 18.7. The SMILES string of the molecule is NCCNC(CO)(C(N)CCO)C(O)COCCN. The average molecular weight is 280 g/mol. The third kappa shape index (κ3) is 5.67. The van der Waals surface area contributed by atoms with E-state index >= 15 is 0 Å². The Hall–Kier alpha value is -0.320. The molecule has 0 amide bonds. The first-order valence-electron chi connectivity index (χ1n) is 6.47. The Labute approximate surface area is 113 Å². The minimum Gasteiger partial charge on any atom is -0.396 e. The average Bonchev–Trinajstić information content (AvgIpc) is 2.40. The molecule has 8 nitrogen and oxygen atoms in total. The molecule has 19 heavy (non-hydrogen) atoms. The molecule has 0 aliphatic rings. The summed E-state index contributed by atoms with van der Waals surface area (Å²) in [7, 11) is 0. The Morgan fingerprint density at radius 2 is 1.89 bits per heavy atom. The van der Waals surface area contributed by atoms with E-state index in [4.69, 9.17) is 27.0 Å². The van der Waals surface area contributed by atoms with E-state index in [1.54, 1.807) is 0 Å². The Kier molecular flexibility index (Phi) is 10.3. The summed E-state index contributed by atoms with van der Waals surface area (Å²) in [4.78, 5) is 0. The molecule has 0 aromatic heterocycles. The van der Waals surface area contributed by atoms with Crippen molar-refractivity contribution in [2.45, 2.75) is 24.1 Å². The largest absolute Gasteiger partial charge is 0.396 e. The van der Waals surface area contributed by atoms with Gasteiger partial charge in [0, 0.05) is 32.3 Å². The van der Waals surface area contributed by atoms with Crippen LogP contribution in [0.2, 0.25) is 0 Å². The minimum absolute atomic E-state index is 0.00550. The topological polar surface area (TPSA) is 160 Å². The van der Waals surface area contributed by atoms with Crippen molar-refractivity contribution in [3.8, 4) is 0 Å². The van der Waals surface area contributed by atoms with Crippen LogP contribution in [0.3, 0.4) is 0 Å². The van der Waals surface area contributed by atoms with Crippen LogP contribution in [0.1, 0.15) is 6.42 Å². The predicted octanol–water partition coefficient (Wildman–Crippen LogP) is -3.69. The molecule has 0 aromatic rings. The van der Waals surface area contributed by atoms with Crippen LogP contribution in [0, 0.1) is 0 Å². The van der Waals surface area contributed by atoms with Gasteiger partial charge in [-0.1, -0.05) is 0 Å². The maximum atomic E-state index is 10.2. The van der Waals surface area contributed by atoms with Gasteiger partial charge in [0.05, 0.1) is 31.5 Å². The van der Waals surface area contributed by atoms with Gasteiger partial charge in [-0.25, -0.2) is 0 Å². The second-order valence-corrected chi connectivity index (χ2v) is 4.41. The Morgan fingerprint density at radius 1 is 1.21 bits per heavy atom. The van der Waals surface area contributed by atoms with E-state index in [0.29, 0.717) is 26.2 Å². The summed E-state index contributed by atoms with van der Waals surface area (Å²) in [6, 6.07) is -0.634. The smallest absolute Gasteiger partial charge is 0.0992 e. The quantitative estimate of drug-likeness (QED) is 0.180. The highest BCUT2D eigenvalue weighted by molar-refractivity contribution is 5.02. The van der Waals surface area contributed by atoms with E-state index in [2.05, 4.69) is 5.32 Å². The number of hydrogen-bond donors (Lipinski definition) is 7. The Morgan fingerprint density at radius 3 is 2.37 bits per heavy atom. The number of hydrogen-bond acceptors (Lipinski definition) is 8. The van der Waals surface area contributed by atoms with Gasteiger partial charge in [0.2, 0.25) is 0 Å². The predicted molar refractivity (Wildman–Crippen MR) is 72.4 cm³/mol. The standard InChI is InChI=1S/C11H28N4O4/c12-2-4-15-11(8-17,9(14)1-5-16)10(18)7-19-6-3-13/h9-10,15-18H,1-8,12-14H2. The van der Waals surface area contributed by atoms with Crippen LogP contribution in [0.15, 0.2) is 0 Å². The molecule has 0 heterocycles. The highest BCUT2D eigenvalue weighted by atomic mass is 16.5. The first-order valence-corrected chi connectivity index (χ1v) is 6.47. The maximum Gasteiger partial charge on any atom is 0.0992 e. The molecule has 0 bridgehead atoms. The summed E-state index contributed by atoms with van der Waals surface area (Å²) >= 11 is 0. The summed E-state index contributed by atoms with van der Waals surface area (Å²) in [5, 5.41) is 31.8. The van der Waals surface area contributed by atoms with Crippen LogP contribution in [-0.4, -0.2) is 79.1 Å². The summed E-state index contributed by atoms with van der Waals surface area (Å²) in [6.07, 6.45) is -0.788. The number of aliphatic hydroxyl groups excluding tert-OH is 3. The van der Waals surface area contributed by atoms with Gasteiger partial charge >= 0.3 is 0 Å². The van der Waals surface area contributed by atoms with Crippen LogP contribution in [0.5, 0.6) is 0 Å². The number of nitrogens with one attached hydrogen (secondary N) is 1. The van der Waals surface area contributed by atoms with Crippen LogP contribution in [0.4, 0.5) is 0 Å². The van der Waals surface area contributed by atoms with Gasteiger partial charge < -0.3 is 42.6 Å². The summed E-state index contributed by atoms with van der Waals surface area (Å²) in [5.41, 5.74) is 15.5. The first-order chi connectivity index (χ1) is 9.08. The number of nitrogens with two attached hydrogens (primary N) is 3. The number of aliphatic hydroxyl groups is 3. The van der Waals surface area contributed by atoms with Crippen molar-refractivity contribution >= 4 is 0 Å². The summed E-state index contributed by atoms with van der Waals surface area (Å²) < 4.78 is 5.19. The van der Waals surface area contributed by atoms with E-state index in [1.807, 2.05) is 0 Å². The second kappa shape index (κ2) is 10.5. The number of ether oxygens (including phenoxy) is 1. The van der Waals surface area contributed by atoms with Gasteiger partial charge in [0.25, 0.3) is 0 Å². The van der Waals surface area contributed by atoms with Crippen molar-refractivity contribution in [1.29, 1.82) is 0 Å². The minimum atomic E-state index is -1.16. The molecule has 0 saturated heterocycles. The van der Waals surface area contributed by atoms with Gasteiger partial charge in [-0.3, -0.25) is 0 Å². The molecule has 0 aliphatic heterocycles. The van der Waals surface area contributed by atoms with E-state index in [9.17, 15) is 10.2 Å². The zero-order valence-corrected chi connectivity index (χ0v) is 11.3. The highest BCUT2D eigenvalue weighted by Crippen LogP contribution is 2.17. The van der Waals surface area contributed by atoms with Crippen LogP contribution < -0.4 is 22.5 Å². The number of rotatable bonds is 12. The van der Waals surface area contributed by atoms with Crippen LogP contribution >= 0.6 is 0 Å². The van der Waals surface area contributed by atoms with Crippen molar-refractivity contribution < 1.29 is 20.1 Å². The van der Waals surface area contributed by atoms with Crippen molar-refractivity contribution in [1.82, 2.24) is 5.32 Å². The fourth-order valence-electron chi connectivity index (χ4n) is 1.90. The lowest BCUT2D eigenvalue weighted by Gasteiger charge is -2.42. The molecular weight excluding hydrogens is 252 g/mol. The van der Waals surface area contributed by atoms with Crippen molar-refractivity contribution in [3.05, 3.63) is 0 Å². The van der Waals surface area contributed by atoms with E-state index < -0.39 is 17.7 Å². The van der Waals surface area contributed by atoms with Gasteiger partial charge in [-0.15, -0.1) is 0 Å². The van der Waals surface area contributed by atoms with Crippen LogP contribution in [-0.2, 0) is 4.74 Å². The third-order valence-electron chi connectivity index (χ3n) is 3.09. The summed E-state index contributed by atoms with van der Waals surface area (Å²) in [6.45, 7) is 0.847. The normalized spacial score (nSPS) is 18.0. The van der Waals surface area contributed by atoms with E-state index in [1.165, 1.54) is 0 Å². The van der Waals surface area contributed by atoms with Gasteiger partial charge in [-0.05, 0) is 6.42 Å². The van der Waals surface area contributed by atoms with Gasteiger partial charge in [0.15, 0.2) is 0 Å². The molecule has 3 unspecified atom stereocenters. The molecule has 0 rings (SSSR count). The molecule has 8 heteroatoms. The maximum absolute atomic E-state index is 10.2. The van der Waals surface area contributed by atoms with Crippen molar-refractivity contribution in [2.75, 3.05) is 46.1 Å².